The summed E-state index contributed by atoms with van der Waals surface area (Å²) in [4.78, 5) is 16.3. The summed E-state index contributed by atoms with van der Waals surface area (Å²) in [6.45, 7) is 0. The molecule has 23 heavy (non-hydrogen) atoms. The number of nitrogens with one attached hydrogen (secondary N) is 3. The maximum Gasteiger partial charge on any atom is 0.276 e. The van der Waals surface area contributed by atoms with Gasteiger partial charge in [0.1, 0.15) is 5.70 Å². The summed E-state index contributed by atoms with van der Waals surface area (Å²) < 4.78 is 0. The number of aromatic amines is 1. The molecule has 112 valence electrons. The minimum absolute atomic E-state index is 0.229. The van der Waals surface area contributed by atoms with Crippen LogP contribution in [-0.2, 0) is 4.79 Å². The number of aromatic nitrogens is 2. The standard InChI is InChI=1S/C17H13N5O/c23-16-15(9-11-6-7-12-10-18-22-14(12)8-11)20-17(21-16)19-13-4-2-1-3-5-13/h1-10H,(H,18,22)(H2,19,20,21,23). The first-order valence-electron chi connectivity index (χ1n) is 7.15. The van der Waals surface area contributed by atoms with Gasteiger partial charge in [0, 0.05) is 11.1 Å². The van der Waals surface area contributed by atoms with E-state index in [-0.39, 0.29) is 5.91 Å². The predicted molar refractivity (Wildman–Crippen MR) is 89.7 cm³/mol. The average molecular weight is 303 g/mol. The number of guanidine groups is 1. The van der Waals surface area contributed by atoms with Crippen LogP contribution in [0.5, 0.6) is 0 Å². The summed E-state index contributed by atoms with van der Waals surface area (Å²) in [5.74, 6) is 0.197. The van der Waals surface area contributed by atoms with Crippen LogP contribution in [0.15, 0.2) is 65.4 Å². The van der Waals surface area contributed by atoms with Crippen molar-refractivity contribution in [3.63, 3.8) is 0 Å². The Kier molecular flexibility index (Phi) is 3.12. The smallest absolute Gasteiger partial charge is 0.276 e. The predicted octanol–water partition coefficient (Wildman–Crippen LogP) is 2.50. The normalized spacial score (nSPS) is 15.7. The minimum Gasteiger partial charge on any atom is -0.326 e. The second-order valence-electron chi connectivity index (χ2n) is 5.15. The number of nitrogens with zero attached hydrogens (tertiary/aromatic N) is 2. The number of hydrogen-bond acceptors (Lipinski definition) is 4. The highest BCUT2D eigenvalue weighted by Crippen LogP contribution is 2.17. The van der Waals surface area contributed by atoms with Crippen molar-refractivity contribution in [2.45, 2.75) is 0 Å². The molecule has 0 atom stereocenters. The van der Waals surface area contributed by atoms with Gasteiger partial charge in [-0.05, 0) is 29.8 Å². The average Bonchev–Trinajstić information content (AvgIpc) is 3.15. The Morgan fingerprint density at radius 2 is 1.96 bits per heavy atom. The summed E-state index contributed by atoms with van der Waals surface area (Å²) >= 11 is 0. The second kappa shape index (κ2) is 5.42. The molecule has 1 amide bonds. The zero-order chi connectivity index (χ0) is 15.6. The number of amides is 1. The van der Waals surface area contributed by atoms with Crippen LogP contribution in [0, 0.1) is 0 Å². The Morgan fingerprint density at radius 1 is 1.09 bits per heavy atom. The Balaban J connectivity index is 1.61. The summed E-state index contributed by atoms with van der Waals surface area (Å²) in [6, 6.07) is 15.4. The number of fused-ring (bicyclic) bond motifs is 1. The van der Waals surface area contributed by atoms with Crippen molar-refractivity contribution < 1.29 is 4.79 Å². The zero-order valence-electron chi connectivity index (χ0n) is 12.1. The Morgan fingerprint density at radius 3 is 2.83 bits per heavy atom. The number of H-pyrrole nitrogens is 1. The minimum atomic E-state index is -0.229. The van der Waals surface area contributed by atoms with E-state index < -0.39 is 0 Å². The Labute approximate surface area is 131 Å². The monoisotopic (exact) mass is 303 g/mol. The molecule has 1 aliphatic heterocycles. The number of carbonyl (C=O) groups is 1. The highest BCUT2D eigenvalue weighted by atomic mass is 16.2. The maximum atomic E-state index is 12.0. The van der Waals surface area contributed by atoms with Gasteiger partial charge in [-0.2, -0.15) is 5.10 Å². The molecule has 0 saturated carbocycles. The molecule has 6 heteroatoms. The molecule has 0 saturated heterocycles. The summed E-state index contributed by atoms with van der Waals surface area (Å²) in [6.07, 6.45) is 3.50. The fraction of sp³-hybridized carbons (Fsp3) is 0. The highest BCUT2D eigenvalue weighted by Gasteiger charge is 2.19. The molecule has 2 aromatic carbocycles. The van der Waals surface area contributed by atoms with E-state index in [0.29, 0.717) is 11.7 Å². The topological polar surface area (TPSA) is 82.2 Å². The highest BCUT2D eigenvalue weighted by molar-refractivity contribution is 6.17. The van der Waals surface area contributed by atoms with Crippen molar-refractivity contribution in [2.75, 3.05) is 5.32 Å². The molecule has 3 aromatic rings. The molecule has 0 fully saturated rings. The largest absolute Gasteiger partial charge is 0.326 e. The molecular weight excluding hydrogens is 290 g/mol. The fourth-order valence-corrected chi connectivity index (χ4v) is 2.39. The van der Waals surface area contributed by atoms with E-state index in [9.17, 15) is 4.79 Å². The lowest BCUT2D eigenvalue weighted by Gasteiger charge is -2.03. The molecule has 0 aliphatic carbocycles. The lowest BCUT2D eigenvalue weighted by Crippen LogP contribution is -2.29. The molecular formula is C17H13N5O. The number of para-hydroxylation sites is 1. The third-order valence-corrected chi connectivity index (χ3v) is 3.50. The Bertz CT molecular complexity index is 940. The third kappa shape index (κ3) is 2.69. The van der Waals surface area contributed by atoms with Crippen molar-refractivity contribution in [3.8, 4) is 0 Å². The molecule has 0 radical (unpaired) electrons. The van der Waals surface area contributed by atoms with Gasteiger partial charge >= 0.3 is 0 Å². The molecule has 0 unspecified atom stereocenters. The summed E-state index contributed by atoms with van der Waals surface area (Å²) in [5.41, 5.74) is 3.04. The van der Waals surface area contributed by atoms with Crippen LogP contribution in [0.1, 0.15) is 5.56 Å². The number of carbonyl (C=O) groups excluding carboxylic acids is 1. The lowest BCUT2D eigenvalue weighted by molar-refractivity contribution is -0.115. The van der Waals surface area contributed by atoms with Crippen molar-refractivity contribution in [3.05, 3.63) is 66.0 Å². The van der Waals surface area contributed by atoms with Gasteiger partial charge in [0.2, 0.25) is 5.96 Å². The van der Waals surface area contributed by atoms with Gasteiger partial charge < -0.3 is 5.32 Å². The molecule has 6 nitrogen and oxygen atoms in total. The van der Waals surface area contributed by atoms with Gasteiger partial charge in [-0.3, -0.25) is 15.2 Å². The van der Waals surface area contributed by atoms with Gasteiger partial charge in [-0.15, -0.1) is 0 Å². The van der Waals surface area contributed by atoms with Crippen molar-refractivity contribution in [1.29, 1.82) is 0 Å². The number of benzene rings is 2. The number of rotatable bonds is 2. The van der Waals surface area contributed by atoms with Crippen LogP contribution >= 0.6 is 0 Å². The summed E-state index contributed by atoms with van der Waals surface area (Å²) in [5, 5.41) is 13.7. The molecule has 0 bridgehead atoms. The first kappa shape index (κ1) is 13.3. The molecule has 2 heterocycles. The van der Waals surface area contributed by atoms with E-state index in [1.807, 2.05) is 48.5 Å². The molecule has 3 N–H and O–H groups in total. The van der Waals surface area contributed by atoms with Crippen LogP contribution in [0.2, 0.25) is 0 Å². The van der Waals surface area contributed by atoms with E-state index >= 15 is 0 Å². The van der Waals surface area contributed by atoms with Gasteiger partial charge in [0.15, 0.2) is 0 Å². The van der Waals surface area contributed by atoms with Gasteiger partial charge in [0.05, 0.1) is 11.7 Å². The van der Waals surface area contributed by atoms with Crippen LogP contribution in [0.25, 0.3) is 17.0 Å². The zero-order valence-corrected chi connectivity index (χ0v) is 12.1. The van der Waals surface area contributed by atoms with Crippen LogP contribution in [-0.4, -0.2) is 22.1 Å². The van der Waals surface area contributed by atoms with Gasteiger partial charge in [-0.1, -0.05) is 30.3 Å². The number of hydrogen-bond donors (Lipinski definition) is 3. The van der Waals surface area contributed by atoms with Crippen LogP contribution in [0.4, 0.5) is 5.69 Å². The van der Waals surface area contributed by atoms with E-state index in [1.54, 1.807) is 12.3 Å². The first-order chi connectivity index (χ1) is 11.3. The number of anilines is 1. The van der Waals surface area contributed by atoms with Gasteiger partial charge in [-0.25, -0.2) is 4.99 Å². The second-order valence-corrected chi connectivity index (χ2v) is 5.15. The van der Waals surface area contributed by atoms with E-state index in [0.717, 1.165) is 22.2 Å². The SMILES string of the molecule is O=C1NC(Nc2ccccc2)=NC1=Cc1ccc2cn[nH]c2c1. The molecule has 1 aromatic heterocycles. The fourth-order valence-electron chi connectivity index (χ4n) is 2.39. The molecule has 1 aliphatic rings. The van der Waals surface area contributed by atoms with E-state index in [2.05, 4.69) is 25.8 Å². The quantitative estimate of drug-likeness (QED) is 0.636. The van der Waals surface area contributed by atoms with Crippen LogP contribution < -0.4 is 10.6 Å². The van der Waals surface area contributed by atoms with Crippen molar-refractivity contribution in [1.82, 2.24) is 15.5 Å². The third-order valence-electron chi connectivity index (χ3n) is 3.50. The van der Waals surface area contributed by atoms with E-state index in [4.69, 9.17) is 0 Å². The number of aliphatic imine (C=N–C) groups is 1. The van der Waals surface area contributed by atoms with Crippen LogP contribution in [0.3, 0.4) is 0 Å². The first-order valence-corrected chi connectivity index (χ1v) is 7.15. The van der Waals surface area contributed by atoms with Crippen molar-refractivity contribution in [2.24, 2.45) is 4.99 Å². The lowest BCUT2D eigenvalue weighted by atomic mass is 10.1. The molecule has 0 spiro atoms. The Hall–Kier alpha value is -3.41. The maximum absolute atomic E-state index is 12.0. The van der Waals surface area contributed by atoms with Crippen molar-refractivity contribution >= 4 is 34.5 Å². The van der Waals surface area contributed by atoms with Gasteiger partial charge in [0.25, 0.3) is 5.91 Å². The molecule has 4 rings (SSSR count). The van der Waals surface area contributed by atoms with E-state index in [1.165, 1.54) is 0 Å². The summed E-state index contributed by atoms with van der Waals surface area (Å²) in [7, 11) is 0.